The molecule has 1 saturated heterocycles. The van der Waals surface area contributed by atoms with Gasteiger partial charge in [-0.2, -0.15) is 9.97 Å². The van der Waals surface area contributed by atoms with E-state index < -0.39 is 14.6 Å². The Hall–Kier alpha value is -0.990. The number of hydrogen-bond donors (Lipinski definition) is 0. The highest BCUT2D eigenvalue weighted by Gasteiger charge is 2.56. The van der Waals surface area contributed by atoms with Crippen LogP contribution in [0.2, 0.25) is 5.28 Å². The highest BCUT2D eigenvalue weighted by atomic mass is 35.5. The number of anilines is 1. The van der Waals surface area contributed by atoms with Crippen LogP contribution in [0.5, 0.6) is 0 Å². The third-order valence-corrected chi connectivity index (χ3v) is 6.22. The van der Waals surface area contributed by atoms with E-state index >= 15 is 0 Å². The molecule has 2 fully saturated rings. The van der Waals surface area contributed by atoms with E-state index in [9.17, 15) is 8.42 Å². The second-order valence-electron chi connectivity index (χ2n) is 5.61. The molecule has 21 heavy (non-hydrogen) atoms. The fraction of sp³-hybridized carbons (Fsp3) is 0.750. The van der Waals surface area contributed by atoms with Crippen LogP contribution in [-0.4, -0.2) is 55.4 Å². The van der Waals surface area contributed by atoms with Gasteiger partial charge in [0, 0.05) is 12.8 Å². The zero-order valence-electron chi connectivity index (χ0n) is 11.9. The number of rotatable bonds is 3. The summed E-state index contributed by atoms with van der Waals surface area (Å²) in [5.74, 6) is 0.689. The zero-order chi connectivity index (χ0) is 15.3. The molecule has 0 spiro atoms. The number of aromatic nitrogens is 3. The maximum absolute atomic E-state index is 12.0. The van der Waals surface area contributed by atoms with Gasteiger partial charge in [-0.1, -0.05) is 0 Å². The minimum atomic E-state index is -3.28. The average Bonchev–Trinajstić information content (AvgIpc) is 3.19. The molecular weight excluding hydrogens is 316 g/mol. The second-order valence-corrected chi connectivity index (χ2v) is 8.28. The average molecular weight is 333 g/mol. The number of morpholine rings is 1. The Bertz CT molecular complexity index is 662. The fourth-order valence-corrected chi connectivity index (χ4v) is 3.99. The van der Waals surface area contributed by atoms with Gasteiger partial charge in [0.25, 0.3) is 0 Å². The van der Waals surface area contributed by atoms with Crippen molar-refractivity contribution in [3.05, 3.63) is 11.1 Å². The van der Waals surface area contributed by atoms with Gasteiger partial charge in [0.05, 0.1) is 19.3 Å². The van der Waals surface area contributed by atoms with Crippen molar-refractivity contribution in [2.45, 2.75) is 30.6 Å². The predicted octanol–water partition coefficient (Wildman–Crippen LogP) is 0.784. The standard InChI is InChI=1S/C12H17ClN4O3S/c1-8-7-20-6-5-17(8)11-15-9(14-10(13)16-11)12(3-4-12)21(2,18)19/h8H,3-7H2,1-2H3/t8-/m1/s1. The molecule has 7 nitrogen and oxygen atoms in total. The first-order valence-electron chi connectivity index (χ1n) is 6.79. The first-order valence-corrected chi connectivity index (χ1v) is 9.06. The van der Waals surface area contributed by atoms with Gasteiger partial charge >= 0.3 is 0 Å². The van der Waals surface area contributed by atoms with Crippen molar-refractivity contribution in [1.29, 1.82) is 0 Å². The number of sulfone groups is 1. The summed E-state index contributed by atoms with van der Waals surface area (Å²) in [6.07, 6.45) is 2.28. The molecule has 1 aromatic heterocycles. The molecule has 1 aliphatic carbocycles. The summed E-state index contributed by atoms with van der Waals surface area (Å²) < 4.78 is 28.4. The summed E-state index contributed by atoms with van der Waals surface area (Å²) in [6, 6.07) is 0.110. The molecular formula is C12H17ClN4O3S. The van der Waals surface area contributed by atoms with Crippen LogP contribution in [0.4, 0.5) is 5.95 Å². The summed E-state index contributed by atoms with van der Waals surface area (Å²) in [4.78, 5) is 14.6. The van der Waals surface area contributed by atoms with Gasteiger partial charge in [-0.05, 0) is 31.4 Å². The molecule has 1 atom stereocenters. The first kappa shape index (κ1) is 14.9. The summed E-state index contributed by atoms with van der Waals surface area (Å²) in [7, 11) is -3.28. The van der Waals surface area contributed by atoms with Gasteiger partial charge in [0.1, 0.15) is 4.75 Å². The van der Waals surface area contributed by atoms with Crippen LogP contribution >= 0.6 is 11.6 Å². The van der Waals surface area contributed by atoms with Crippen LogP contribution in [0.1, 0.15) is 25.6 Å². The van der Waals surface area contributed by atoms with Crippen LogP contribution in [0, 0.1) is 0 Å². The third-order valence-electron chi connectivity index (χ3n) is 4.04. The van der Waals surface area contributed by atoms with E-state index in [1.807, 2.05) is 11.8 Å². The normalized spacial score (nSPS) is 24.9. The molecule has 0 amide bonds. The van der Waals surface area contributed by atoms with Crippen molar-refractivity contribution in [3.8, 4) is 0 Å². The van der Waals surface area contributed by atoms with Crippen LogP contribution < -0.4 is 4.90 Å². The van der Waals surface area contributed by atoms with Gasteiger partial charge in [-0.25, -0.2) is 13.4 Å². The van der Waals surface area contributed by atoms with Crippen molar-refractivity contribution < 1.29 is 13.2 Å². The van der Waals surface area contributed by atoms with Crippen molar-refractivity contribution in [1.82, 2.24) is 15.0 Å². The Morgan fingerprint density at radius 2 is 2.05 bits per heavy atom. The smallest absolute Gasteiger partial charge is 0.230 e. The Balaban J connectivity index is 2.01. The first-order chi connectivity index (χ1) is 9.83. The van der Waals surface area contributed by atoms with E-state index in [1.54, 1.807) is 0 Å². The topological polar surface area (TPSA) is 85.3 Å². The Morgan fingerprint density at radius 3 is 2.62 bits per heavy atom. The summed E-state index contributed by atoms with van der Waals surface area (Å²) >= 11 is 5.99. The monoisotopic (exact) mass is 332 g/mol. The summed E-state index contributed by atoms with van der Waals surface area (Å²) in [5.41, 5.74) is 0. The lowest BCUT2D eigenvalue weighted by Crippen LogP contribution is -2.45. The minimum Gasteiger partial charge on any atom is -0.377 e. The van der Waals surface area contributed by atoms with E-state index in [0.29, 0.717) is 38.5 Å². The summed E-state index contributed by atoms with van der Waals surface area (Å²) in [6.45, 7) is 3.81. The molecule has 2 heterocycles. The van der Waals surface area contributed by atoms with E-state index in [-0.39, 0.29) is 17.1 Å². The third kappa shape index (κ3) is 2.60. The van der Waals surface area contributed by atoms with E-state index in [0.717, 1.165) is 0 Å². The van der Waals surface area contributed by atoms with Crippen LogP contribution in [0.3, 0.4) is 0 Å². The van der Waals surface area contributed by atoms with Gasteiger partial charge in [-0.15, -0.1) is 0 Å². The maximum Gasteiger partial charge on any atom is 0.230 e. The number of nitrogens with zero attached hydrogens (tertiary/aromatic N) is 4. The number of hydrogen-bond acceptors (Lipinski definition) is 7. The van der Waals surface area contributed by atoms with Crippen LogP contribution in [0.15, 0.2) is 0 Å². The van der Waals surface area contributed by atoms with Crippen LogP contribution in [-0.2, 0) is 19.3 Å². The SMILES string of the molecule is C[C@@H]1COCCN1c1nc(Cl)nc(C2(S(C)(=O)=O)CC2)n1. The quantitative estimate of drug-likeness (QED) is 0.808. The molecule has 2 aliphatic rings. The molecule has 0 bridgehead atoms. The minimum absolute atomic E-state index is 0.0311. The lowest BCUT2D eigenvalue weighted by Gasteiger charge is -2.33. The molecule has 9 heteroatoms. The Labute approximate surface area is 128 Å². The van der Waals surface area contributed by atoms with E-state index in [4.69, 9.17) is 16.3 Å². The van der Waals surface area contributed by atoms with Gasteiger partial charge in [0.15, 0.2) is 15.7 Å². The Kier molecular flexibility index (Phi) is 3.58. The molecule has 0 aromatic carbocycles. The molecule has 0 radical (unpaired) electrons. The molecule has 3 rings (SSSR count). The summed E-state index contributed by atoms with van der Waals surface area (Å²) in [5, 5.41) is 0.0311. The molecule has 1 aromatic rings. The fourth-order valence-electron chi connectivity index (χ4n) is 2.57. The van der Waals surface area contributed by atoms with Crippen molar-refractivity contribution in [2.24, 2.45) is 0 Å². The molecule has 116 valence electrons. The molecule has 1 saturated carbocycles. The van der Waals surface area contributed by atoms with Gasteiger partial charge in [-0.3, -0.25) is 0 Å². The lowest BCUT2D eigenvalue weighted by molar-refractivity contribution is 0.0980. The van der Waals surface area contributed by atoms with Crippen molar-refractivity contribution in [2.75, 3.05) is 30.9 Å². The van der Waals surface area contributed by atoms with Crippen molar-refractivity contribution in [3.63, 3.8) is 0 Å². The predicted molar refractivity (Wildman–Crippen MR) is 78.2 cm³/mol. The van der Waals surface area contributed by atoms with E-state index in [2.05, 4.69) is 15.0 Å². The maximum atomic E-state index is 12.0. The lowest BCUT2D eigenvalue weighted by atomic mass is 10.3. The van der Waals surface area contributed by atoms with Crippen LogP contribution in [0.25, 0.3) is 0 Å². The van der Waals surface area contributed by atoms with Gasteiger partial charge < -0.3 is 9.64 Å². The largest absolute Gasteiger partial charge is 0.377 e. The van der Waals surface area contributed by atoms with Gasteiger partial charge in [0.2, 0.25) is 11.2 Å². The molecule has 1 aliphatic heterocycles. The highest BCUT2D eigenvalue weighted by molar-refractivity contribution is 7.91. The van der Waals surface area contributed by atoms with Crippen molar-refractivity contribution >= 4 is 27.4 Å². The highest BCUT2D eigenvalue weighted by Crippen LogP contribution is 2.51. The Morgan fingerprint density at radius 1 is 1.33 bits per heavy atom. The second kappa shape index (κ2) is 5.03. The molecule has 0 unspecified atom stereocenters. The number of ether oxygens (including phenoxy) is 1. The number of halogens is 1. The van der Waals surface area contributed by atoms with E-state index in [1.165, 1.54) is 6.26 Å². The molecule has 0 N–H and O–H groups in total. The zero-order valence-corrected chi connectivity index (χ0v) is 13.5.